The van der Waals surface area contributed by atoms with Gasteiger partial charge in [0, 0.05) is 25.2 Å². The second-order valence-electron chi connectivity index (χ2n) is 7.63. The van der Waals surface area contributed by atoms with Crippen molar-refractivity contribution < 1.29 is 4.79 Å². The number of piperidine rings is 1. The predicted octanol–water partition coefficient (Wildman–Crippen LogP) is 3.98. The zero-order valence-corrected chi connectivity index (χ0v) is 16.7. The van der Waals surface area contributed by atoms with Crippen molar-refractivity contribution in [2.24, 2.45) is 5.92 Å². The molecule has 148 valence electrons. The van der Waals surface area contributed by atoms with Gasteiger partial charge in [0.15, 0.2) is 5.82 Å². The normalized spacial score (nSPS) is 16.4. The van der Waals surface area contributed by atoms with E-state index < -0.39 is 0 Å². The third-order valence-electron chi connectivity index (χ3n) is 5.39. The van der Waals surface area contributed by atoms with E-state index in [9.17, 15) is 4.79 Å². The van der Waals surface area contributed by atoms with Crippen molar-refractivity contribution in [1.29, 1.82) is 0 Å². The first-order valence-electron chi connectivity index (χ1n) is 10.2. The summed E-state index contributed by atoms with van der Waals surface area (Å²) in [6, 6.07) is 22.3. The molecule has 1 saturated heterocycles. The minimum Gasteiger partial charge on any atom is -0.354 e. The van der Waals surface area contributed by atoms with E-state index in [-0.39, 0.29) is 11.8 Å². The molecule has 0 spiro atoms. The van der Waals surface area contributed by atoms with Gasteiger partial charge in [-0.2, -0.15) is 0 Å². The summed E-state index contributed by atoms with van der Waals surface area (Å²) in [6.07, 6.45) is 1.89. The van der Waals surface area contributed by atoms with Gasteiger partial charge in [0.05, 0.1) is 11.6 Å². The standard InChI is InChI=1S/C24H26N4O/c1-18-7-5-8-19(15-18)16-25-24(29)21-11-6-14-28(17-21)23-13-12-22(26-27-23)20-9-3-2-4-10-20/h2-5,7-10,12-13,15,21H,6,11,14,16-17H2,1H3,(H,25,29)/t21-/m0/s1. The minimum absolute atomic E-state index is 0.0239. The summed E-state index contributed by atoms with van der Waals surface area (Å²) in [7, 11) is 0. The van der Waals surface area contributed by atoms with Crippen LogP contribution in [0, 0.1) is 12.8 Å². The van der Waals surface area contributed by atoms with Gasteiger partial charge in [-0.15, -0.1) is 10.2 Å². The van der Waals surface area contributed by atoms with E-state index >= 15 is 0 Å². The minimum atomic E-state index is -0.0239. The van der Waals surface area contributed by atoms with Crippen LogP contribution in [0.3, 0.4) is 0 Å². The Morgan fingerprint density at radius 1 is 1.07 bits per heavy atom. The first-order chi connectivity index (χ1) is 14.2. The molecular weight excluding hydrogens is 360 g/mol. The van der Waals surface area contributed by atoms with Gasteiger partial charge in [0.25, 0.3) is 0 Å². The molecule has 0 unspecified atom stereocenters. The van der Waals surface area contributed by atoms with E-state index in [0.29, 0.717) is 13.1 Å². The molecule has 0 saturated carbocycles. The van der Waals surface area contributed by atoms with Crippen molar-refractivity contribution in [3.63, 3.8) is 0 Å². The van der Waals surface area contributed by atoms with Crippen LogP contribution >= 0.6 is 0 Å². The molecule has 1 aliphatic rings. The number of hydrogen-bond donors (Lipinski definition) is 1. The smallest absolute Gasteiger partial charge is 0.225 e. The molecule has 1 aromatic heterocycles. The number of amides is 1. The van der Waals surface area contributed by atoms with Crippen LogP contribution in [0.4, 0.5) is 5.82 Å². The molecule has 0 aliphatic carbocycles. The largest absolute Gasteiger partial charge is 0.354 e. The maximum absolute atomic E-state index is 12.7. The molecule has 2 heterocycles. The Kier molecular flexibility index (Phi) is 5.84. The fourth-order valence-electron chi connectivity index (χ4n) is 3.81. The fourth-order valence-corrected chi connectivity index (χ4v) is 3.81. The van der Waals surface area contributed by atoms with Crippen LogP contribution in [0.15, 0.2) is 66.7 Å². The van der Waals surface area contributed by atoms with Crippen molar-refractivity contribution in [3.05, 3.63) is 77.9 Å². The summed E-state index contributed by atoms with van der Waals surface area (Å²) in [5, 5.41) is 11.9. The van der Waals surface area contributed by atoms with Gasteiger partial charge >= 0.3 is 0 Å². The SMILES string of the molecule is Cc1cccc(CNC(=O)[C@H]2CCCN(c3ccc(-c4ccccc4)nn3)C2)c1. The molecule has 5 heteroatoms. The zero-order chi connectivity index (χ0) is 20.1. The summed E-state index contributed by atoms with van der Waals surface area (Å²) < 4.78 is 0. The van der Waals surface area contributed by atoms with Crippen LogP contribution in [0.5, 0.6) is 0 Å². The zero-order valence-electron chi connectivity index (χ0n) is 16.7. The van der Waals surface area contributed by atoms with Crippen LogP contribution in [0.2, 0.25) is 0 Å². The van der Waals surface area contributed by atoms with Gasteiger partial charge in [-0.3, -0.25) is 4.79 Å². The van der Waals surface area contributed by atoms with Gasteiger partial charge in [0.1, 0.15) is 0 Å². The van der Waals surface area contributed by atoms with Crippen LogP contribution in [-0.2, 0) is 11.3 Å². The Hall–Kier alpha value is -3.21. The highest BCUT2D eigenvalue weighted by molar-refractivity contribution is 5.79. The number of aromatic nitrogens is 2. The van der Waals surface area contributed by atoms with Gasteiger partial charge in [-0.25, -0.2) is 0 Å². The van der Waals surface area contributed by atoms with Crippen LogP contribution in [0.1, 0.15) is 24.0 Å². The van der Waals surface area contributed by atoms with Crippen LogP contribution in [-0.4, -0.2) is 29.2 Å². The van der Waals surface area contributed by atoms with E-state index in [4.69, 9.17) is 0 Å². The highest BCUT2D eigenvalue weighted by atomic mass is 16.1. The van der Waals surface area contributed by atoms with Crippen molar-refractivity contribution in [2.45, 2.75) is 26.3 Å². The summed E-state index contributed by atoms with van der Waals surface area (Å²) in [6.45, 7) is 4.22. The Balaban J connectivity index is 1.37. The van der Waals surface area contributed by atoms with E-state index in [2.05, 4.69) is 39.5 Å². The summed E-state index contributed by atoms with van der Waals surface area (Å²) in [5.74, 6) is 0.926. The molecular formula is C24H26N4O. The van der Waals surface area contributed by atoms with Gasteiger partial charge < -0.3 is 10.2 Å². The molecule has 1 N–H and O–H groups in total. The van der Waals surface area contributed by atoms with Crippen molar-refractivity contribution in [3.8, 4) is 11.3 Å². The maximum Gasteiger partial charge on any atom is 0.225 e. The average molecular weight is 386 g/mol. The molecule has 1 fully saturated rings. The lowest BCUT2D eigenvalue weighted by Crippen LogP contribution is -2.43. The number of carbonyl (C=O) groups excluding carboxylic acids is 1. The lowest BCUT2D eigenvalue weighted by Gasteiger charge is -2.32. The predicted molar refractivity (Wildman–Crippen MR) is 115 cm³/mol. The number of benzene rings is 2. The first-order valence-corrected chi connectivity index (χ1v) is 10.2. The molecule has 4 rings (SSSR count). The molecule has 29 heavy (non-hydrogen) atoms. The summed E-state index contributed by atoms with van der Waals surface area (Å²) >= 11 is 0. The lowest BCUT2D eigenvalue weighted by molar-refractivity contribution is -0.125. The van der Waals surface area contributed by atoms with Gasteiger partial charge in [-0.1, -0.05) is 60.2 Å². The fraction of sp³-hybridized carbons (Fsp3) is 0.292. The molecule has 1 aliphatic heterocycles. The monoisotopic (exact) mass is 386 g/mol. The van der Waals surface area contributed by atoms with Crippen LogP contribution < -0.4 is 10.2 Å². The summed E-state index contributed by atoms with van der Waals surface area (Å²) in [5.41, 5.74) is 4.25. The summed E-state index contributed by atoms with van der Waals surface area (Å²) in [4.78, 5) is 14.9. The Labute approximate surface area is 171 Å². The molecule has 0 radical (unpaired) electrons. The molecule has 3 aromatic rings. The van der Waals surface area contributed by atoms with Gasteiger partial charge in [0.2, 0.25) is 5.91 Å². The van der Waals surface area contributed by atoms with E-state index in [1.807, 2.05) is 54.6 Å². The van der Waals surface area contributed by atoms with Crippen LogP contribution in [0.25, 0.3) is 11.3 Å². The Morgan fingerprint density at radius 2 is 1.93 bits per heavy atom. The Morgan fingerprint density at radius 3 is 2.69 bits per heavy atom. The molecule has 1 atom stereocenters. The average Bonchev–Trinajstić information content (AvgIpc) is 2.78. The number of nitrogens with one attached hydrogen (secondary N) is 1. The van der Waals surface area contributed by atoms with Gasteiger partial charge in [-0.05, 0) is 37.5 Å². The quantitative estimate of drug-likeness (QED) is 0.720. The third-order valence-corrected chi connectivity index (χ3v) is 5.39. The Bertz CT molecular complexity index is 956. The number of anilines is 1. The van der Waals surface area contributed by atoms with E-state index in [1.54, 1.807) is 0 Å². The molecule has 2 aromatic carbocycles. The lowest BCUT2D eigenvalue weighted by atomic mass is 9.97. The molecule has 0 bridgehead atoms. The third kappa shape index (κ3) is 4.80. The van der Waals surface area contributed by atoms with E-state index in [1.165, 1.54) is 5.56 Å². The van der Waals surface area contributed by atoms with Crippen molar-refractivity contribution in [1.82, 2.24) is 15.5 Å². The number of aryl methyl sites for hydroxylation is 1. The second kappa shape index (κ2) is 8.86. The second-order valence-corrected chi connectivity index (χ2v) is 7.63. The number of hydrogen-bond acceptors (Lipinski definition) is 4. The maximum atomic E-state index is 12.7. The van der Waals surface area contributed by atoms with Crippen molar-refractivity contribution in [2.75, 3.05) is 18.0 Å². The topological polar surface area (TPSA) is 58.1 Å². The van der Waals surface area contributed by atoms with Crippen molar-refractivity contribution >= 4 is 11.7 Å². The molecule has 1 amide bonds. The van der Waals surface area contributed by atoms with E-state index in [0.717, 1.165) is 42.0 Å². The molecule has 5 nitrogen and oxygen atoms in total. The number of carbonyl (C=O) groups is 1. The number of rotatable bonds is 5. The highest BCUT2D eigenvalue weighted by Crippen LogP contribution is 2.23. The number of nitrogens with zero attached hydrogens (tertiary/aromatic N) is 3. The first kappa shape index (κ1) is 19.1. The highest BCUT2D eigenvalue weighted by Gasteiger charge is 2.26.